The van der Waals surface area contributed by atoms with Gasteiger partial charge in [0, 0.05) is 29.6 Å². The zero-order valence-corrected chi connectivity index (χ0v) is 21.7. The lowest BCUT2D eigenvalue weighted by Crippen LogP contribution is -2.37. The standard InChI is InChI=1S/C30H29ClFNO4/c1-3-37-29(34)15-18-4-11-28(36-2)24(14-18)21-9-10-27(32)22-12-13-33(17-26(21)22)30(35)25-16-23(25)19-5-7-20(31)8-6-19/h4-11,14,23,25H,3,12-13,15-17H2,1-2H3/t23-,25+/m0/s1. The molecular formula is C30H29ClFNO4. The van der Waals surface area contributed by atoms with E-state index in [1.807, 2.05) is 47.4 Å². The summed E-state index contributed by atoms with van der Waals surface area (Å²) in [6.07, 6.45) is 1.39. The molecule has 1 aliphatic heterocycles. The quantitative estimate of drug-likeness (QED) is 0.361. The van der Waals surface area contributed by atoms with Crippen LogP contribution in [-0.4, -0.2) is 37.0 Å². The number of fused-ring (bicyclic) bond motifs is 1. The molecule has 2 atom stereocenters. The number of hydrogen-bond acceptors (Lipinski definition) is 4. The van der Waals surface area contributed by atoms with Gasteiger partial charge in [-0.15, -0.1) is 0 Å². The summed E-state index contributed by atoms with van der Waals surface area (Å²) in [6, 6.07) is 16.4. The Hall–Kier alpha value is -3.38. The lowest BCUT2D eigenvalue weighted by molar-refractivity contribution is -0.142. The second-order valence-corrected chi connectivity index (χ2v) is 10.0. The van der Waals surface area contributed by atoms with Crippen LogP contribution in [0.1, 0.15) is 41.5 Å². The fourth-order valence-corrected chi connectivity index (χ4v) is 5.43. The van der Waals surface area contributed by atoms with Crippen molar-refractivity contribution in [3.63, 3.8) is 0 Å². The number of methoxy groups -OCH3 is 1. The third kappa shape index (κ3) is 5.21. The van der Waals surface area contributed by atoms with Crippen LogP contribution in [0.25, 0.3) is 11.1 Å². The summed E-state index contributed by atoms with van der Waals surface area (Å²) in [5.74, 6) is 0.271. The highest BCUT2D eigenvalue weighted by Gasteiger charge is 2.46. The number of rotatable bonds is 7. The molecule has 0 N–H and O–H groups in total. The van der Waals surface area contributed by atoms with E-state index >= 15 is 0 Å². The average molecular weight is 522 g/mol. The molecule has 1 heterocycles. The van der Waals surface area contributed by atoms with Crippen LogP contribution in [0.5, 0.6) is 5.75 Å². The number of ether oxygens (including phenoxy) is 2. The second-order valence-electron chi connectivity index (χ2n) is 9.58. The van der Waals surface area contributed by atoms with Gasteiger partial charge in [0.25, 0.3) is 0 Å². The smallest absolute Gasteiger partial charge is 0.310 e. The summed E-state index contributed by atoms with van der Waals surface area (Å²) >= 11 is 6.02. The predicted molar refractivity (Wildman–Crippen MR) is 140 cm³/mol. The monoisotopic (exact) mass is 521 g/mol. The molecule has 0 saturated heterocycles. The van der Waals surface area contributed by atoms with Gasteiger partial charge < -0.3 is 14.4 Å². The molecule has 192 valence electrons. The fourth-order valence-electron chi connectivity index (χ4n) is 5.31. The maximum atomic E-state index is 14.9. The molecule has 0 unspecified atom stereocenters. The van der Waals surface area contributed by atoms with Crippen molar-refractivity contribution in [1.29, 1.82) is 0 Å². The summed E-state index contributed by atoms with van der Waals surface area (Å²) in [5, 5.41) is 0.677. The van der Waals surface area contributed by atoms with Gasteiger partial charge in [0.1, 0.15) is 11.6 Å². The highest BCUT2D eigenvalue weighted by molar-refractivity contribution is 6.30. The maximum Gasteiger partial charge on any atom is 0.310 e. The number of nitrogens with zero attached hydrogens (tertiary/aromatic N) is 1. The minimum absolute atomic E-state index is 0.0674. The first-order valence-electron chi connectivity index (χ1n) is 12.6. The van der Waals surface area contributed by atoms with Crippen molar-refractivity contribution >= 4 is 23.5 Å². The number of carbonyl (C=O) groups excluding carboxylic acids is 2. The average Bonchev–Trinajstić information content (AvgIpc) is 3.70. The van der Waals surface area contributed by atoms with Gasteiger partial charge in [-0.05, 0) is 83.8 Å². The normalized spacial score (nSPS) is 18.2. The first kappa shape index (κ1) is 25.3. The minimum Gasteiger partial charge on any atom is -0.496 e. The summed E-state index contributed by atoms with van der Waals surface area (Å²) < 4.78 is 25.6. The van der Waals surface area contributed by atoms with Crippen LogP contribution >= 0.6 is 11.6 Å². The second kappa shape index (κ2) is 10.5. The molecule has 2 aliphatic rings. The highest BCUT2D eigenvalue weighted by Crippen LogP contribution is 2.49. The number of benzene rings is 3. The molecule has 0 aromatic heterocycles. The minimum atomic E-state index is -0.309. The summed E-state index contributed by atoms with van der Waals surface area (Å²) in [4.78, 5) is 27.4. The molecule has 3 aromatic carbocycles. The number of esters is 1. The lowest BCUT2D eigenvalue weighted by atomic mass is 9.89. The van der Waals surface area contributed by atoms with Crippen LogP contribution in [0.2, 0.25) is 5.02 Å². The Morgan fingerprint density at radius 3 is 2.57 bits per heavy atom. The zero-order valence-electron chi connectivity index (χ0n) is 20.9. The molecule has 7 heteroatoms. The Labute approximate surface area is 221 Å². The third-order valence-electron chi connectivity index (χ3n) is 7.28. The van der Waals surface area contributed by atoms with Gasteiger partial charge >= 0.3 is 5.97 Å². The molecule has 1 fully saturated rings. The Kier molecular flexibility index (Phi) is 7.20. The van der Waals surface area contributed by atoms with Crippen molar-refractivity contribution in [3.05, 3.63) is 87.7 Å². The van der Waals surface area contributed by atoms with E-state index in [-0.39, 0.29) is 36.0 Å². The van der Waals surface area contributed by atoms with Gasteiger partial charge in [-0.3, -0.25) is 9.59 Å². The van der Waals surface area contributed by atoms with Crippen LogP contribution in [-0.2, 0) is 33.7 Å². The van der Waals surface area contributed by atoms with Gasteiger partial charge in [-0.1, -0.05) is 35.9 Å². The van der Waals surface area contributed by atoms with Gasteiger partial charge in [-0.25, -0.2) is 4.39 Å². The van der Waals surface area contributed by atoms with Crippen molar-refractivity contribution in [2.24, 2.45) is 5.92 Å². The van der Waals surface area contributed by atoms with Gasteiger partial charge in [0.15, 0.2) is 0 Å². The van der Waals surface area contributed by atoms with Crippen molar-refractivity contribution in [3.8, 4) is 16.9 Å². The third-order valence-corrected chi connectivity index (χ3v) is 7.53. The molecule has 1 saturated carbocycles. The van der Waals surface area contributed by atoms with Crippen LogP contribution in [0.3, 0.4) is 0 Å². The molecule has 0 spiro atoms. The molecule has 1 aliphatic carbocycles. The topological polar surface area (TPSA) is 55.8 Å². The summed E-state index contributed by atoms with van der Waals surface area (Å²) in [5.41, 5.74) is 4.89. The molecule has 3 aromatic rings. The van der Waals surface area contributed by atoms with E-state index in [1.54, 1.807) is 20.1 Å². The molecule has 5 rings (SSSR count). The van der Waals surface area contributed by atoms with Crippen LogP contribution < -0.4 is 4.74 Å². The van der Waals surface area contributed by atoms with E-state index < -0.39 is 0 Å². The SMILES string of the molecule is CCOC(=O)Cc1ccc(OC)c(-c2ccc(F)c3c2CN(C(=O)[C@@H]2C[C@H]2c2ccc(Cl)cc2)CC3)c1. The number of hydrogen-bond donors (Lipinski definition) is 0. The Bertz CT molecular complexity index is 1340. The molecule has 1 amide bonds. The van der Waals surface area contributed by atoms with E-state index in [2.05, 4.69) is 0 Å². The first-order chi connectivity index (χ1) is 17.9. The first-order valence-corrected chi connectivity index (χ1v) is 12.9. The highest BCUT2D eigenvalue weighted by atomic mass is 35.5. The largest absolute Gasteiger partial charge is 0.496 e. The Morgan fingerprint density at radius 1 is 1.05 bits per heavy atom. The van der Waals surface area contributed by atoms with Crippen LogP contribution in [0.15, 0.2) is 54.6 Å². The lowest BCUT2D eigenvalue weighted by Gasteiger charge is -2.31. The van der Waals surface area contributed by atoms with Gasteiger partial charge in [0.2, 0.25) is 5.91 Å². The number of halogens is 2. The molecule has 0 radical (unpaired) electrons. The van der Waals surface area contributed by atoms with Crippen molar-refractivity contribution in [2.75, 3.05) is 20.3 Å². The van der Waals surface area contributed by atoms with Gasteiger partial charge in [0.05, 0.1) is 20.1 Å². The van der Waals surface area contributed by atoms with Crippen molar-refractivity contribution in [1.82, 2.24) is 4.90 Å². The summed E-state index contributed by atoms with van der Waals surface area (Å²) in [6.45, 7) is 2.90. The van der Waals surface area contributed by atoms with Crippen LogP contribution in [0, 0.1) is 11.7 Å². The molecule has 37 heavy (non-hydrogen) atoms. The Morgan fingerprint density at radius 2 is 1.84 bits per heavy atom. The maximum absolute atomic E-state index is 14.9. The fraction of sp³-hybridized carbons (Fsp3) is 0.333. The zero-order chi connectivity index (χ0) is 26.1. The molecule has 0 bridgehead atoms. The van der Waals surface area contributed by atoms with Gasteiger partial charge in [-0.2, -0.15) is 0 Å². The van der Waals surface area contributed by atoms with Crippen molar-refractivity contribution < 1.29 is 23.5 Å². The Balaban J connectivity index is 1.42. The molecule has 5 nitrogen and oxygen atoms in total. The summed E-state index contributed by atoms with van der Waals surface area (Å²) in [7, 11) is 1.58. The van der Waals surface area contributed by atoms with E-state index in [1.165, 1.54) is 6.07 Å². The van der Waals surface area contributed by atoms with E-state index in [0.717, 1.165) is 34.2 Å². The van der Waals surface area contributed by atoms with Crippen molar-refractivity contribution in [2.45, 2.75) is 38.6 Å². The number of carbonyl (C=O) groups is 2. The van der Waals surface area contributed by atoms with E-state index in [9.17, 15) is 14.0 Å². The number of amides is 1. The van der Waals surface area contributed by atoms with E-state index in [0.29, 0.717) is 42.5 Å². The molecular weight excluding hydrogens is 493 g/mol. The van der Waals surface area contributed by atoms with E-state index in [4.69, 9.17) is 21.1 Å². The van der Waals surface area contributed by atoms with Crippen LogP contribution in [0.4, 0.5) is 4.39 Å². The predicted octanol–water partition coefficient (Wildman–Crippen LogP) is 5.95.